The van der Waals surface area contributed by atoms with Gasteiger partial charge in [0.1, 0.15) is 18.5 Å². The van der Waals surface area contributed by atoms with Crippen LogP contribution in [0, 0.1) is 17.0 Å². The van der Waals surface area contributed by atoms with E-state index in [-0.39, 0.29) is 33.9 Å². The molecule has 126 valence electrons. The van der Waals surface area contributed by atoms with Crippen LogP contribution in [0.2, 0.25) is 0 Å². The van der Waals surface area contributed by atoms with E-state index in [1.807, 2.05) is 6.92 Å². The molecule has 2 aromatic carbocycles. The van der Waals surface area contributed by atoms with Gasteiger partial charge < -0.3 is 9.47 Å². The van der Waals surface area contributed by atoms with E-state index in [4.69, 9.17) is 9.47 Å². The molecule has 1 atom stereocenters. The van der Waals surface area contributed by atoms with Crippen molar-refractivity contribution in [1.82, 2.24) is 0 Å². The maximum atomic E-state index is 12.7. The van der Waals surface area contributed by atoms with E-state index in [1.165, 1.54) is 24.3 Å². The summed E-state index contributed by atoms with van der Waals surface area (Å²) in [5.74, 6) is 0.130. The number of ether oxygens (including phenoxy) is 2. The molecule has 2 aromatic rings. The number of benzene rings is 2. The highest BCUT2D eigenvalue weighted by Gasteiger charge is 2.25. The van der Waals surface area contributed by atoms with Gasteiger partial charge in [-0.15, -0.1) is 0 Å². The third-order valence-electron chi connectivity index (χ3n) is 3.56. The first-order valence-corrected chi connectivity index (χ1v) is 8.70. The fourth-order valence-electron chi connectivity index (χ4n) is 2.11. The Balaban J connectivity index is 2.00. The number of nitro benzene ring substituents is 1. The van der Waals surface area contributed by atoms with Crippen molar-refractivity contribution in [3.05, 3.63) is 58.1 Å². The van der Waals surface area contributed by atoms with Crippen LogP contribution >= 0.6 is 0 Å². The Bertz CT molecular complexity index is 872. The zero-order chi connectivity index (χ0) is 17.3. The van der Waals surface area contributed by atoms with E-state index in [0.717, 1.165) is 11.6 Å². The van der Waals surface area contributed by atoms with Crippen molar-refractivity contribution in [1.29, 1.82) is 0 Å². The smallest absolute Gasteiger partial charge is 0.274 e. The molecule has 1 saturated heterocycles. The number of nitro groups is 1. The van der Waals surface area contributed by atoms with Crippen LogP contribution in [-0.2, 0) is 14.6 Å². The number of aryl methyl sites for hydroxylation is 1. The topological polar surface area (TPSA) is 99.0 Å². The lowest BCUT2D eigenvalue weighted by Crippen LogP contribution is -2.07. The molecule has 0 N–H and O–H groups in total. The summed E-state index contributed by atoms with van der Waals surface area (Å²) in [6, 6.07) is 9.83. The lowest BCUT2D eigenvalue weighted by atomic mass is 10.2. The van der Waals surface area contributed by atoms with E-state index in [9.17, 15) is 18.5 Å². The molecule has 1 aliphatic rings. The van der Waals surface area contributed by atoms with Crippen LogP contribution in [0.15, 0.2) is 52.3 Å². The van der Waals surface area contributed by atoms with Gasteiger partial charge in [0.05, 0.1) is 27.4 Å². The average Bonchev–Trinajstić information content (AvgIpc) is 3.37. The van der Waals surface area contributed by atoms with Gasteiger partial charge in [-0.25, -0.2) is 8.42 Å². The molecule has 0 spiro atoms. The fraction of sp³-hybridized carbons (Fsp3) is 0.250. The van der Waals surface area contributed by atoms with Crippen LogP contribution in [0.5, 0.6) is 5.75 Å². The molecule has 0 amide bonds. The number of rotatable bonds is 6. The van der Waals surface area contributed by atoms with Gasteiger partial charge in [-0.3, -0.25) is 10.1 Å². The quantitative estimate of drug-likeness (QED) is 0.451. The molecule has 3 rings (SSSR count). The number of nitrogens with zero attached hydrogens (tertiary/aromatic N) is 1. The molecule has 1 fully saturated rings. The number of non-ortho nitro benzene ring substituents is 1. The van der Waals surface area contributed by atoms with E-state index in [2.05, 4.69) is 0 Å². The molecule has 0 aliphatic carbocycles. The number of hydrogen-bond donors (Lipinski definition) is 0. The lowest BCUT2D eigenvalue weighted by molar-refractivity contribution is -0.385. The minimum Gasteiger partial charge on any atom is -0.490 e. The van der Waals surface area contributed by atoms with Gasteiger partial charge in [-0.2, -0.15) is 0 Å². The van der Waals surface area contributed by atoms with Crippen LogP contribution in [-0.4, -0.2) is 32.7 Å². The van der Waals surface area contributed by atoms with Crippen LogP contribution in [0.4, 0.5) is 5.69 Å². The third kappa shape index (κ3) is 3.55. The molecule has 8 heteroatoms. The van der Waals surface area contributed by atoms with Gasteiger partial charge in [0.15, 0.2) is 0 Å². The fourth-order valence-corrected chi connectivity index (χ4v) is 3.42. The van der Waals surface area contributed by atoms with Crippen molar-refractivity contribution in [2.75, 3.05) is 13.2 Å². The molecule has 1 unspecified atom stereocenters. The summed E-state index contributed by atoms with van der Waals surface area (Å²) in [5.41, 5.74) is 0.580. The predicted molar refractivity (Wildman–Crippen MR) is 85.0 cm³/mol. The molecular formula is C16H15NO6S. The summed E-state index contributed by atoms with van der Waals surface area (Å²) >= 11 is 0. The van der Waals surface area contributed by atoms with E-state index < -0.39 is 14.8 Å². The third-order valence-corrected chi connectivity index (χ3v) is 5.30. The Hall–Kier alpha value is -2.45. The van der Waals surface area contributed by atoms with Gasteiger partial charge in [-0.05, 0) is 25.1 Å². The molecule has 24 heavy (non-hydrogen) atoms. The molecule has 0 radical (unpaired) electrons. The molecule has 0 bridgehead atoms. The van der Waals surface area contributed by atoms with E-state index >= 15 is 0 Å². The van der Waals surface area contributed by atoms with Gasteiger partial charge in [-0.1, -0.05) is 17.7 Å². The van der Waals surface area contributed by atoms with Crippen molar-refractivity contribution in [2.24, 2.45) is 0 Å². The molecule has 0 aromatic heterocycles. The Morgan fingerprint density at radius 1 is 1.21 bits per heavy atom. The van der Waals surface area contributed by atoms with Crippen LogP contribution in [0.3, 0.4) is 0 Å². The summed E-state index contributed by atoms with van der Waals surface area (Å²) in [4.78, 5) is 10.4. The molecule has 7 nitrogen and oxygen atoms in total. The zero-order valence-electron chi connectivity index (χ0n) is 12.8. The van der Waals surface area contributed by atoms with Crippen molar-refractivity contribution in [3.63, 3.8) is 0 Å². The summed E-state index contributed by atoms with van der Waals surface area (Å²) in [5, 5.41) is 11.1. The standard InChI is InChI=1S/C16H15NO6S/c1-11-2-4-15(5-3-11)24(20,21)16-7-12(17(18)19)6-13(8-16)22-9-14-10-23-14/h2-8,14H,9-10H2,1H3. The second kappa shape index (κ2) is 6.21. The highest BCUT2D eigenvalue weighted by atomic mass is 32.2. The van der Waals surface area contributed by atoms with Gasteiger partial charge >= 0.3 is 0 Å². The predicted octanol–water partition coefficient (Wildman–Crippen LogP) is 2.51. The lowest BCUT2D eigenvalue weighted by Gasteiger charge is -2.09. The van der Waals surface area contributed by atoms with Crippen molar-refractivity contribution < 1.29 is 22.8 Å². The molecule has 0 saturated carbocycles. The maximum absolute atomic E-state index is 12.7. The average molecular weight is 349 g/mol. The Labute approximate surface area is 138 Å². The summed E-state index contributed by atoms with van der Waals surface area (Å²) < 4.78 is 35.9. The molecule has 1 aliphatic heterocycles. The highest BCUT2D eigenvalue weighted by molar-refractivity contribution is 7.91. The summed E-state index contributed by atoms with van der Waals surface area (Å²) in [6.45, 7) is 2.64. The number of sulfone groups is 1. The largest absolute Gasteiger partial charge is 0.490 e. The minimum atomic E-state index is -3.87. The minimum absolute atomic E-state index is 0.0404. The first kappa shape index (κ1) is 16.4. The number of epoxide rings is 1. The van der Waals surface area contributed by atoms with Crippen LogP contribution in [0.1, 0.15) is 5.56 Å². The van der Waals surface area contributed by atoms with Crippen molar-refractivity contribution >= 4 is 15.5 Å². The Morgan fingerprint density at radius 3 is 2.46 bits per heavy atom. The van der Waals surface area contributed by atoms with Gasteiger partial charge in [0.2, 0.25) is 9.84 Å². The second-order valence-corrected chi connectivity index (χ2v) is 7.45. The SMILES string of the molecule is Cc1ccc(S(=O)(=O)c2cc(OCC3CO3)cc([N+](=O)[O-])c2)cc1. The van der Waals surface area contributed by atoms with E-state index in [0.29, 0.717) is 6.61 Å². The first-order chi connectivity index (χ1) is 11.4. The molecule has 1 heterocycles. The summed E-state index contributed by atoms with van der Waals surface area (Å²) in [6.07, 6.45) is -0.0404. The van der Waals surface area contributed by atoms with Crippen molar-refractivity contribution in [2.45, 2.75) is 22.8 Å². The monoisotopic (exact) mass is 349 g/mol. The van der Waals surface area contributed by atoms with Gasteiger partial charge in [0.25, 0.3) is 5.69 Å². The Morgan fingerprint density at radius 2 is 1.88 bits per heavy atom. The summed E-state index contributed by atoms with van der Waals surface area (Å²) in [7, 11) is -3.87. The maximum Gasteiger partial charge on any atom is 0.274 e. The normalized spacial score (nSPS) is 16.6. The van der Waals surface area contributed by atoms with Crippen LogP contribution in [0.25, 0.3) is 0 Å². The number of hydrogen-bond acceptors (Lipinski definition) is 6. The van der Waals surface area contributed by atoms with Gasteiger partial charge in [0, 0.05) is 6.07 Å². The second-order valence-electron chi connectivity index (χ2n) is 5.50. The Kier molecular flexibility index (Phi) is 4.25. The first-order valence-electron chi connectivity index (χ1n) is 7.22. The molecular weight excluding hydrogens is 334 g/mol. The zero-order valence-corrected chi connectivity index (χ0v) is 13.7. The highest BCUT2D eigenvalue weighted by Crippen LogP contribution is 2.30. The van der Waals surface area contributed by atoms with E-state index in [1.54, 1.807) is 12.1 Å². The van der Waals surface area contributed by atoms with Crippen LogP contribution < -0.4 is 4.74 Å². The van der Waals surface area contributed by atoms with Crippen molar-refractivity contribution in [3.8, 4) is 5.75 Å².